The van der Waals surface area contributed by atoms with E-state index in [1.165, 1.54) is 38.5 Å². The first-order valence-corrected chi connectivity index (χ1v) is 12.4. The summed E-state index contributed by atoms with van der Waals surface area (Å²) in [6.07, 6.45) is 14.2. The van der Waals surface area contributed by atoms with Crippen molar-refractivity contribution in [1.29, 1.82) is 5.26 Å². The topological polar surface area (TPSA) is 23.8 Å². The summed E-state index contributed by atoms with van der Waals surface area (Å²) in [5, 5.41) is 8.94. The van der Waals surface area contributed by atoms with Crippen LogP contribution in [0.1, 0.15) is 85.0 Å². The van der Waals surface area contributed by atoms with Crippen molar-refractivity contribution in [3.63, 3.8) is 0 Å². The summed E-state index contributed by atoms with van der Waals surface area (Å²) >= 11 is 0. The van der Waals surface area contributed by atoms with Crippen molar-refractivity contribution in [2.75, 3.05) is 0 Å². The second-order valence-corrected chi connectivity index (χ2v) is 11.8. The monoisotopic (exact) mass is 367 g/mol. The molecule has 12 unspecified atom stereocenters. The lowest BCUT2D eigenvalue weighted by atomic mass is 9.60. The predicted octanol–water partition coefficient (Wildman–Crippen LogP) is 6.93. The van der Waals surface area contributed by atoms with E-state index in [0.29, 0.717) is 0 Å². The Bertz CT molecular complexity index is 590. The SMILES string of the molecule is CC1CC1CC1CCC(C(C)C2CC2CCC#N)C2CCC2C2C(C)C2C1. The molecule has 150 valence electrons. The van der Waals surface area contributed by atoms with Crippen LogP contribution in [0.3, 0.4) is 0 Å². The number of nitriles is 1. The first-order valence-electron chi connectivity index (χ1n) is 12.4. The molecular weight excluding hydrogens is 326 g/mol. The van der Waals surface area contributed by atoms with Crippen LogP contribution in [0.15, 0.2) is 0 Å². The molecule has 0 spiro atoms. The lowest BCUT2D eigenvalue weighted by molar-refractivity contribution is 0.0375. The Morgan fingerprint density at radius 2 is 1.67 bits per heavy atom. The van der Waals surface area contributed by atoms with Gasteiger partial charge in [0.1, 0.15) is 0 Å². The summed E-state index contributed by atoms with van der Waals surface area (Å²) in [6.45, 7) is 7.67. The standard InChI is InChI=1S/C26H41N/c1-15-11-20(15)12-18-6-7-21(16(2)24-14-19(24)5-4-10-27)22-8-9-23(22)26-17(3)25(26)13-18/h15-26H,4-9,11-14H2,1-3H3. The molecule has 1 heteroatoms. The smallest absolute Gasteiger partial charge is 0.0621 e. The Balaban J connectivity index is 1.27. The zero-order chi connectivity index (χ0) is 18.7. The minimum atomic E-state index is 0.785. The molecule has 0 N–H and O–H groups in total. The number of fused-ring (bicyclic) bond motifs is 3. The number of rotatable bonds is 6. The van der Waals surface area contributed by atoms with E-state index >= 15 is 0 Å². The zero-order valence-electron chi connectivity index (χ0n) is 17.9. The quantitative estimate of drug-likeness (QED) is 0.499. The van der Waals surface area contributed by atoms with Gasteiger partial charge in [0.2, 0.25) is 0 Å². The van der Waals surface area contributed by atoms with E-state index in [0.717, 1.165) is 77.4 Å². The predicted molar refractivity (Wildman–Crippen MR) is 111 cm³/mol. The molecule has 0 bridgehead atoms. The molecule has 5 aliphatic rings. The third-order valence-electron chi connectivity index (χ3n) is 10.4. The molecule has 12 atom stereocenters. The van der Waals surface area contributed by atoms with Crippen LogP contribution in [0.4, 0.5) is 0 Å². The van der Waals surface area contributed by atoms with Crippen molar-refractivity contribution in [2.24, 2.45) is 71.0 Å². The van der Waals surface area contributed by atoms with Crippen LogP contribution < -0.4 is 0 Å². The second-order valence-electron chi connectivity index (χ2n) is 11.8. The van der Waals surface area contributed by atoms with Gasteiger partial charge in [0.15, 0.2) is 0 Å². The van der Waals surface area contributed by atoms with Gasteiger partial charge >= 0.3 is 0 Å². The highest BCUT2D eigenvalue weighted by molar-refractivity contribution is 5.07. The maximum Gasteiger partial charge on any atom is 0.0621 e. The summed E-state index contributed by atoms with van der Waals surface area (Å²) in [5.41, 5.74) is 0. The number of nitrogens with zero attached hydrogens (tertiary/aromatic N) is 1. The fourth-order valence-corrected chi connectivity index (χ4v) is 8.20. The van der Waals surface area contributed by atoms with E-state index in [-0.39, 0.29) is 0 Å². The molecule has 1 nitrogen and oxygen atoms in total. The van der Waals surface area contributed by atoms with Gasteiger partial charge in [0.05, 0.1) is 6.07 Å². The van der Waals surface area contributed by atoms with Gasteiger partial charge in [0, 0.05) is 6.42 Å². The summed E-state index contributed by atoms with van der Waals surface area (Å²) in [7, 11) is 0. The van der Waals surface area contributed by atoms with Crippen LogP contribution in [-0.2, 0) is 0 Å². The maximum absolute atomic E-state index is 8.94. The molecule has 0 aromatic rings. The zero-order valence-corrected chi connectivity index (χ0v) is 17.9. The van der Waals surface area contributed by atoms with Gasteiger partial charge in [0.25, 0.3) is 0 Å². The molecule has 27 heavy (non-hydrogen) atoms. The van der Waals surface area contributed by atoms with E-state index in [4.69, 9.17) is 5.26 Å². The Kier molecular flexibility index (Phi) is 4.85. The highest BCUT2D eigenvalue weighted by Gasteiger charge is 2.58. The molecule has 0 aromatic heterocycles. The van der Waals surface area contributed by atoms with Crippen molar-refractivity contribution >= 4 is 0 Å². The van der Waals surface area contributed by atoms with Gasteiger partial charge in [-0.1, -0.05) is 27.2 Å². The molecule has 5 rings (SSSR count). The van der Waals surface area contributed by atoms with E-state index in [9.17, 15) is 0 Å². The van der Waals surface area contributed by atoms with E-state index in [1.807, 2.05) is 0 Å². The minimum Gasteiger partial charge on any atom is -0.198 e. The van der Waals surface area contributed by atoms with Crippen LogP contribution in [0.5, 0.6) is 0 Å². The van der Waals surface area contributed by atoms with Crippen molar-refractivity contribution in [2.45, 2.75) is 85.0 Å². The molecular formula is C26H41N. The normalized spacial score (nSPS) is 54.1. The summed E-state index contributed by atoms with van der Waals surface area (Å²) in [4.78, 5) is 0. The van der Waals surface area contributed by atoms with E-state index < -0.39 is 0 Å². The molecule has 5 saturated carbocycles. The highest BCUT2D eigenvalue weighted by Crippen LogP contribution is 2.65. The van der Waals surface area contributed by atoms with Crippen LogP contribution in [-0.4, -0.2) is 0 Å². The van der Waals surface area contributed by atoms with Crippen LogP contribution >= 0.6 is 0 Å². The van der Waals surface area contributed by atoms with Crippen molar-refractivity contribution < 1.29 is 0 Å². The largest absolute Gasteiger partial charge is 0.198 e. The lowest BCUT2D eigenvalue weighted by Crippen LogP contribution is -2.38. The third kappa shape index (κ3) is 3.49. The van der Waals surface area contributed by atoms with Crippen LogP contribution in [0.2, 0.25) is 0 Å². The van der Waals surface area contributed by atoms with Gasteiger partial charge in [-0.15, -0.1) is 0 Å². The molecule has 0 amide bonds. The van der Waals surface area contributed by atoms with Gasteiger partial charge < -0.3 is 0 Å². The van der Waals surface area contributed by atoms with Gasteiger partial charge in [-0.25, -0.2) is 0 Å². The third-order valence-corrected chi connectivity index (χ3v) is 10.4. The van der Waals surface area contributed by atoms with Gasteiger partial charge in [-0.05, 0) is 122 Å². The maximum atomic E-state index is 8.94. The van der Waals surface area contributed by atoms with Gasteiger partial charge in [-0.2, -0.15) is 5.26 Å². The lowest BCUT2D eigenvalue weighted by Gasteiger charge is -2.45. The Morgan fingerprint density at radius 1 is 0.889 bits per heavy atom. The summed E-state index contributed by atoms with van der Waals surface area (Å²) < 4.78 is 0. The van der Waals surface area contributed by atoms with E-state index in [2.05, 4.69) is 26.8 Å². The fraction of sp³-hybridized carbons (Fsp3) is 0.962. The molecule has 5 fully saturated rings. The number of hydrogen-bond acceptors (Lipinski definition) is 1. The summed E-state index contributed by atoms with van der Waals surface area (Å²) in [5.74, 6) is 12.3. The van der Waals surface area contributed by atoms with Crippen molar-refractivity contribution in [3.8, 4) is 6.07 Å². The minimum absolute atomic E-state index is 0.785. The molecule has 0 radical (unpaired) electrons. The van der Waals surface area contributed by atoms with Crippen LogP contribution in [0, 0.1) is 82.3 Å². The number of hydrogen-bond donors (Lipinski definition) is 0. The van der Waals surface area contributed by atoms with Crippen molar-refractivity contribution in [1.82, 2.24) is 0 Å². The Labute approximate surface area is 167 Å². The molecule has 0 aromatic carbocycles. The average Bonchev–Trinajstić information content (AvgIpc) is 3.56. The highest BCUT2D eigenvalue weighted by atomic mass is 14.6. The Hall–Kier alpha value is -0.510. The average molecular weight is 368 g/mol. The first kappa shape index (κ1) is 18.5. The second kappa shape index (κ2) is 7.07. The van der Waals surface area contributed by atoms with Crippen LogP contribution in [0.25, 0.3) is 0 Å². The molecule has 0 aliphatic heterocycles. The summed E-state index contributed by atoms with van der Waals surface area (Å²) in [6, 6.07) is 2.38. The Morgan fingerprint density at radius 3 is 2.33 bits per heavy atom. The molecule has 0 saturated heterocycles. The van der Waals surface area contributed by atoms with E-state index in [1.54, 1.807) is 19.3 Å². The first-order chi connectivity index (χ1) is 13.1. The van der Waals surface area contributed by atoms with Crippen molar-refractivity contribution in [3.05, 3.63) is 0 Å². The van der Waals surface area contributed by atoms with Gasteiger partial charge in [-0.3, -0.25) is 0 Å². The molecule has 0 heterocycles. The fourth-order valence-electron chi connectivity index (χ4n) is 8.20. The molecule has 5 aliphatic carbocycles.